The monoisotopic (exact) mass is 284 g/mol. The fourth-order valence-corrected chi connectivity index (χ4v) is 3.29. The van der Waals surface area contributed by atoms with Crippen molar-refractivity contribution in [3.8, 4) is 0 Å². The average molecular weight is 284 g/mol. The van der Waals surface area contributed by atoms with Gasteiger partial charge in [0.1, 0.15) is 0 Å². The van der Waals surface area contributed by atoms with Gasteiger partial charge in [-0.25, -0.2) is 0 Å². The fourth-order valence-electron chi connectivity index (χ4n) is 2.09. The van der Waals surface area contributed by atoms with Crippen LogP contribution in [0.4, 0.5) is 0 Å². The molecule has 1 N–H and O–H groups in total. The first-order valence-corrected chi connectivity index (χ1v) is 7.66. The topological polar surface area (TPSA) is 76.2 Å². The van der Waals surface area contributed by atoms with Crippen LogP contribution in [0.15, 0.2) is 4.52 Å². The van der Waals surface area contributed by atoms with Gasteiger partial charge < -0.3 is 9.63 Å². The van der Waals surface area contributed by atoms with Gasteiger partial charge in [-0.2, -0.15) is 16.7 Å². The summed E-state index contributed by atoms with van der Waals surface area (Å²) in [5.41, 5.74) is -0.868. The first-order chi connectivity index (χ1) is 8.93. The van der Waals surface area contributed by atoms with Gasteiger partial charge in [0.2, 0.25) is 5.89 Å². The Morgan fingerprint density at radius 1 is 1.63 bits per heavy atom. The summed E-state index contributed by atoms with van der Waals surface area (Å²) < 4.78 is 5.24. The molecule has 0 amide bonds. The molecule has 1 aliphatic heterocycles. The lowest BCUT2D eigenvalue weighted by Gasteiger charge is -2.27. The lowest BCUT2D eigenvalue weighted by atomic mass is 9.76. The average Bonchev–Trinajstić information content (AvgIpc) is 2.97. The molecule has 0 aromatic carbocycles. The molecule has 2 rings (SSSR count). The highest BCUT2D eigenvalue weighted by molar-refractivity contribution is 7.99. The molecule has 2 unspecified atom stereocenters. The molecule has 19 heavy (non-hydrogen) atoms. The highest BCUT2D eigenvalue weighted by Crippen LogP contribution is 2.39. The zero-order valence-corrected chi connectivity index (χ0v) is 12.4. The van der Waals surface area contributed by atoms with Crippen molar-refractivity contribution in [2.75, 3.05) is 5.75 Å². The van der Waals surface area contributed by atoms with E-state index in [4.69, 9.17) is 4.52 Å². The minimum absolute atomic E-state index is 0.00112. The Bertz CT molecular complexity index is 454. The second kappa shape index (κ2) is 5.53. The Balaban J connectivity index is 2.12. The number of carbonyl (C=O) groups is 1. The van der Waals surface area contributed by atoms with E-state index in [1.807, 2.05) is 25.6 Å². The van der Waals surface area contributed by atoms with E-state index in [2.05, 4.69) is 10.1 Å². The van der Waals surface area contributed by atoms with Crippen LogP contribution in [0.25, 0.3) is 0 Å². The van der Waals surface area contributed by atoms with E-state index in [0.29, 0.717) is 17.0 Å². The standard InChI is InChI=1S/C13H20N2O3S/c1-8(2)13(3,12(16)17)7-10-14-11(15-18-10)9-5-4-6-19-9/h8-9H,4-7H2,1-3H3,(H,16,17). The predicted octanol–water partition coefficient (Wildman–Crippen LogP) is 2.93. The molecule has 1 saturated heterocycles. The normalized spacial score (nSPS) is 22.6. The van der Waals surface area contributed by atoms with Gasteiger partial charge in [-0.1, -0.05) is 19.0 Å². The molecule has 106 valence electrons. The molecule has 2 atom stereocenters. The largest absolute Gasteiger partial charge is 0.481 e. The third-order valence-corrected chi connectivity index (χ3v) is 5.36. The van der Waals surface area contributed by atoms with E-state index in [9.17, 15) is 9.90 Å². The fraction of sp³-hybridized carbons (Fsp3) is 0.769. The van der Waals surface area contributed by atoms with Gasteiger partial charge in [0.05, 0.1) is 10.7 Å². The lowest BCUT2D eigenvalue weighted by Crippen LogP contribution is -2.35. The number of hydrogen-bond acceptors (Lipinski definition) is 5. The van der Waals surface area contributed by atoms with Crippen LogP contribution in [0, 0.1) is 11.3 Å². The van der Waals surface area contributed by atoms with Gasteiger partial charge in [-0.15, -0.1) is 0 Å². The Kier molecular flexibility index (Phi) is 4.18. The van der Waals surface area contributed by atoms with Crippen LogP contribution in [0.5, 0.6) is 0 Å². The summed E-state index contributed by atoms with van der Waals surface area (Å²) >= 11 is 1.84. The zero-order valence-electron chi connectivity index (χ0n) is 11.5. The molecule has 1 aromatic heterocycles. The van der Waals surface area contributed by atoms with Gasteiger partial charge in [-0.05, 0) is 31.4 Å². The number of rotatable bonds is 5. The van der Waals surface area contributed by atoms with Crippen LogP contribution in [-0.4, -0.2) is 27.0 Å². The maximum absolute atomic E-state index is 11.4. The minimum atomic E-state index is -0.868. The summed E-state index contributed by atoms with van der Waals surface area (Å²) in [4.78, 5) is 15.8. The maximum atomic E-state index is 11.4. The molecule has 0 spiro atoms. The van der Waals surface area contributed by atoms with Crippen molar-refractivity contribution >= 4 is 17.7 Å². The second-order valence-electron chi connectivity index (χ2n) is 5.60. The molecule has 1 aliphatic rings. The highest BCUT2D eigenvalue weighted by atomic mass is 32.2. The third-order valence-electron chi connectivity index (χ3n) is 3.98. The molecule has 0 aliphatic carbocycles. The number of thioether (sulfide) groups is 1. The highest BCUT2D eigenvalue weighted by Gasteiger charge is 2.39. The van der Waals surface area contributed by atoms with E-state index in [0.717, 1.165) is 12.2 Å². The molecule has 2 heterocycles. The van der Waals surface area contributed by atoms with Crippen molar-refractivity contribution in [1.29, 1.82) is 0 Å². The van der Waals surface area contributed by atoms with Crippen LogP contribution in [0.2, 0.25) is 0 Å². The summed E-state index contributed by atoms with van der Waals surface area (Å²) in [6.07, 6.45) is 2.53. The lowest BCUT2D eigenvalue weighted by molar-refractivity contribution is -0.150. The Hall–Kier alpha value is -1.04. The smallest absolute Gasteiger partial charge is 0.310 e. The molecule has 0 saturated carbocycles. The van der Waals surface area contributed by atoms with Crippen molar-refractivity contribution in [2.24, 2.45) is 11.3 Å². The van der Waals surface area contributed by atoms with Gasteiger partial charge in [0.25, 0.3) is 0 Å². The van der Waals surface area contributed by atoms with Crippen LogP contribution in [0.1, 0.15) is 50.6 Å². The maximum Gasteiger partial charge on any atom is 0.310 e. The van der Waals surface area contributed by atoms with Gasteiger partial charge in [0, 0.05) is 6.42 Å². The Labute approximate surface area is 117 Å². The van der Waals surface area contributed by atoms with Crippen molar-refractivity contribution in [1.82, 2.24) is 10.1 Å². The van der Waals surface area contributed by atoms with Crippen molar-refractivity contribution < 1.29 is 14.4 Å². The molecule has 1 fully saturated rings. The number of hydrogen-bond donors (Lipinski definition) is 1. The van der Waals surface area contributed by atoms with Crippen LogP contribution in [-0.2, 0) is 11.2 Å². The summed E-state index contributed by atoms with van der Waals surface area (Å²) in [7, 11) is 0. The molecule has 0 bridgehead atoms. The number of carboxylic acids is 1. The van der Waals surface area contributed by atoms with Gasteiger partial charge in [0.15, 0.2) is 5.82 Å². The van der Waals surface area contributed by atoms with E-state index < -0.39 is 11.4 Å². The first kappa shape index (κ1) is 14.4. The molecule has 1 aromatic rings. The molecular formula is C13H20N2O3S. The zero-order chi connectivity index (χ0) is 14.0. The number of nitrogens with zero attached hydrogens (tertiary/aromatic N) is 2. The number of aromatic nitrogens is 2. The van der Waals surface area contributed by atoms with E-state index >= 15 is 0 Å². The number of carboxylic acid groups (broad SMARTS) is 1. The summed E-state index contributed by atoms with van der Waals surface area (Å²) in [6, 6.07) is 0. The predicted molar refractivity (Wildman–Crippen MR) is 73.0 cm³/mol. The Morgan fingerprint density at radius 3 is 2.89 bits per heavy atom. The third kappa shape index (κ3) is 2.94. The van der Waals surface area contributed by atoms with E-state index in [1.54, 1.807) is 6.92 Å². The van der Waals surface area contributed by atoms with E-state index in [-0.39, 0.29) is 12.3 Å². The molecule has 5 nitrogen and oxygen atoms in total. The second-order valence-corrected chi connectivity index (χ2v) is 6.91. The van der Waals surface area contributed by atoms with Crippen molar-refractivity contribution in [3.63, 3.8) is 0 Å². The summed E-state index contributed by atoms with van der Waals surface area (Å²) in [6.45, 7) is 5.53. The molecule has 0 radical (unpaired) electrons. The van der Waals surface area contributed by atoms with Gasteiger partial charge >= 0.3 is 5.97 Å². The number of aliphatic carboxylic acids is 1. The molecular weight excluding hydrogens is 264 g/mol. The van der Waals surface area contributed by atoms with Gasteiger partial charge in [-0.3, -0.25) is 4.79 Å². The molecule has 6 heteroatoms. The van der Waals surface area contributed by atoms with Crippen LogP contribution < -0.4 is 0 Å². The summed E-state index contributed by atoms with van der Waals surface area (Å²) in [5.74, 6) is 1.46. The SMILES string of the molecule is CC(C)C(C)(Cc1nc(C2CCCS2)no1)C(=O)O. The van der Waals surface area contributed by atoms with Crippen molar-refractivity contribution in [3.05, 3.63) is 11.7 Å². The minimum Gasteiger partial charge on any atom is -0.481 e. The quantitative estimate of drug-likeness (QED) is 0.896. The van der Waals surface area contributed by atoms with Crippen LogP contribution >= 0.6 is 11.8 Å². The van der Waals surface area contributed by atoms with Crippen LogP contribution in [0.3, 0.4) is 0 Å². The van der Waals surface area contributed by atoms with Crippen molar-refractivity contribution in [2.45, 2.75) is 45.3 Å². The summed E-state index contributed by atoms with van der Waals surface area (Å²) in [5, 5.41) is 13.7. The Morgan fingerprint density at radius 2 is 2.37 bits per heavy atom. The first-order valence-electron chi connectivity index (χ1n) is 6.61. The van der Waals surface area contributed by atoms with E-state index in [1.165, 1.54) is 6.42 Å².